The molecule has 5 nitrogen and oxygen atoms in total. The van der Waals surface area contributed by atoms with Crippen molar-refractivity contribution in [1.82, 2.24) is 9.55 Å². The molecule has 3 aromatic rings. The van der Waals surface area contributed by atoms with Gasteiger partial charge in [0.05, 0.1) is 38.7 Å². The number of aromatic nitrogens is 2. The molecule has 2 aromatic carbocycles. The molecule has 130 valence electrons. The van der Waals surface area contributed by atoms with Crippen LogP contribution in [0.2, 0.25) is 0 Å². The number of nitriles is 1. The average molecular weight is 345 g/mol. The summed E-state index contributed by atoms with van der Waals surface area (Å²) in [7, 11) is 3.27. The zero-order valence-electron chi connectivity index (χ0n) is 14.7. The lowest BCUT2D eigenvalue weighted by Gasteiger charge is -2.14. The van der Waals surface area contributed by atoms with E-state index in [2.05, 4.69) is 11.1 Å². The topological polar surface area (TPSA) is 60.1 Å². The molecular weight excluding hydrogens is 326 g/mol. The van der Waals surface area contributed by atoms with Gasteiger partial charge in [0, 0.05) is 18.0 Å². The number of allylic oxidation sites excluding steroid dienone is 1. The van der Waals surface area contributed by atoms with E-state index in [1.54, 1.807) is 26.7 Å². The van der Waals surface area contributed by atoms with Crippen LogP contribution < -0.4 is 9.47 Å². The van der Waals surface area contributed by atoms with Crippen molar-refractivity contribution in [2.45, 2.75) is 6.54 Å². The summed E-state index contributed by atoms with van der Waals surface area (Å²) in [4.78, 5) is 4.06. The van der Waals surface area contributed by atoms with Crippen molar-refractivity contribution in [2.75, 3.05) is 14.2 Å². The lowest BCUT2D eigenvalue weighted by atomic mass is 9.93. The van der Waals surface area contributed by atoms with Gasteiger partial charge in [-0.25, -0.2) is 4.98 Å². The summed E-state index contributed by atoms with van der Waals surface area (Å²) in [5.74, 6) is 1.55. The molecule has 0 fully saturated rings. The van der Waals surface area contributed by atoms with Crippen molar-refractivity contribution < 1.29 is 9.47 Å². The summed E-state index contributed by atoms with van der Waals surface area (Å²) < 4.78 is 12.4. The van der Waals surface area contributed by atoms with E-state index in [-0.39, 0.29) is 0 Å². The molecule has 0 amide bonds. The molecule has 0 unspecified atom stereocenters. The predicted molar refractivity (Wildman–Crippen MR) is 99.9 cm³/mol. The Morgan fingerprint density at radius 2 is 1.50 bits per heavy atom. The Morgan fingerprint density at radius 3 is 1.88 bits per heavy atom. The molecule has 0 saturated carbocycles. The highest BCUT2D eigenvalue weighted by Crippen LogP contribution is 2.30. The second-order valence-electron chi connectivity index (χ2n) is 5.66. The van der Waals surface area contributed by atoms with E-state index in [4.69, 9.17) is 9.47 Å². The second kappa shape index (κ2) is 8.04. The van der Waals surface area contributed by atoms with Gasteiger partial charge in [0.2, 0.25) is 0 Å². The van der Waals surface area contributed by atoms with Crippen molar-refractivity contribution >= 4 is 5.57 Å². The smallest absolute Gasteiger partial charge is 0.118 e. The minimum atomic E-state index is 0.448. The first-order chi connectivity index (χ1) is 12.7. The maximum absolute atomic E-state index is 9.83. The van der Waals surface area contributed by atoms with E-state index >= 15 is 0 Å². The number of imidazole rings is 1. The fourth-order valence-electron chi connectivity index (χ4n) is 2.76. The van der Waals surface area contributed by atoms with E-state index in [9.17, 15) is 5.26 Å². The van der Waals surface area contributed by atoms with Crippen LogP contribution in [0.15, 0.2) is 72.8 Å². The highest BCUT2D eigenvalue weighted by atomic mass is 16.5. The predicted octanol–water partition coefficient (Wildman–Crippen LogP) is 3.93. The molecule has 0 spiro atoms. The van der Waals surface area contributed by atoms with Gasteiger partial charge in [-0.1, -0.05) is 24.3 Å². The van der Waals surface area contributed by atoms with Gasteiger partial charge in [-0.3, -0.25) is 0 Å². The molecule has 0 bridgehead atoms. The van der Waals surface area contributed by atoms with Gasteiger partial charge >= 0.3 is 0 Å². The van der Waals surface area contributed by atoms with Crippen LogP contribution in [-0.2, 0) is 6.54 Å². The van der Waals surface area contributed by atoms with Gasteiger partial charge in [0.1, 0.15) is 11.5 Å². The Kier molecular flexibility index (Phi) is 5.35. The van der Waals surface area contributed by atoms with Crippen LogP contribution in [-0.4, -0.2) is 23.8 Å². The Bertz CT molecular complexity index is 869. The van der Waals surface area contributed by atoms with E-state index < -0.39 is 0 Å². The van der Waals surface area contributed by atoms with Crippen LogP contribution in [0.4, 0.5) is 0 Å². The normalized spacial score (nSPS) is 10.0. The first-order valence-corrected chi connectivity index (χ1v) is 8.13. The molecule has 26 heavy (non-hydrogen) atoms. The standard InChI is InChI=1S/C21H19N3O2/c1-25-19-7-3-16(4-8-19)21(17-5-9-20(26-2)10-6-17)18(13-22)14-24-12-11-23-15-24/h3-12,15H,14H2,1-2H3. The summed E-state index contributed by atoms with van der Waals surface area (Å²) in [6.45, 7) is 0.448. The average Bonchev–Trinajstić information content (AvgIpc) is 3.21. The third-order valence-corrected chi connectivity index (χ3v) is 4.09. The molecule has 5 heteroatoms. The molecular formula is C21H19N3O2. The summed E-state index contributed by atoms with van der Waals surface area (Å²) in [5.41, 5.74) is 3.44. The van der Waals surface area contributed by atoms with E-state index in [1.807, 2.05) is 59.3 Å². The number of hydrogen-bond donors (Lipinski definition) is 0. The van der Waals surface area contributed by atoms with E-state index in [0.717, 1.165) is 28.2 Å². The maximum atomic E-state index is 9.83. The lowest BCUT2D eigenvalue weighted by Crippen LogP contribution is -2.02. The fourth-order valence-corrected chi connectivity index (χ4v) is 2.76. The molecule has 0 aliphatic heterocycles. The molecule has 0 atom stereocenters. The van der Waals surface area contributed by atoms with Gasteiger partial charge in [0.25, 0.3) is 0 Å². The van der Waals surface area contributed by atoms with Gasteiger partial charge in [-0.2, -0.15) is 5.26 Å². The quantitative estimate of drug-likeness (QED) is 0.635. The minimum Gasteiger partial charge on any atom is -0.497 e. The van der Waals surface area contributed by atoms with E-state index in [0.29, 0.717) is 12.1 Å². The van der Waals surface area contributed by atoms with E-state index in [1.165, 1.54) is 0 Å². The summed E-state index contributed by atoms with van der Waals surface area (Å²) in [6, 6.07) is 17.8. The molecule has 1 heterocycles. The monoisotopic (exact) mass is 345 g/mol. The number of benzene rings is 2. The Labute approximate surface area is 152 Å². The van der Waals surface area contributed by atoms with Gasteiger partial charge in [-0.05, 0) is 35.4 Å². The third kappa shape index (κ3) is 3.76. The van der Waals surface area contributed by atoms with Crippen LogP contribution in [0.25, 0.3) is 5.57 Å². The first kappa shape index (κ1) is 17.3. The largest absolute Gasteiger partial charge is 0.497 e. The highest BCUT2D eigenvalue weighted by molar-refractivity contribution is 5.84. The van der Waals surface area contributed by atoms with Crippen LogP contribution in [0, 0.1) is 11.3 Å². The number of methoxy groups -OCH3 is 2. The molecule has 0 saturated heterocycles. The van der Waals surface area contributed by atoms with Crippen molar-refractivity contribution in [3.63, 3.8) is 0 Å². The van der Waals surface area contributed by atoms with Gasteiger partial charge < -0.3 is 14.0 Å². The van der Waals surface area contributed by atoms with Crippen LogP contribution in [0.5, 0.6) is 11.5 Å². The zero-order valence-corrected chi connectivity index (χ0v) is 14.7. The summed E-state index contributed by atoms with van der Waals surface area (Å²) >= 11 is 0. The SMILES string of the molecule is COc1ccc(C(=C(C#N)Cn2ccnc2)c2ccc(OC)cc2)cc1. The van der Waals surface area contributed by atoms with Crippen molar-refractivity contribution in [3.05, 3.63) is 84.0 Å². The molecule has 0 aliphatic carbocycles. The number of ether oxygens (including phenoxy) is 2. The molecule has 0 N–H and O–H groups in total. The Hall–Kier alpha value is -3.52. The molecule has 3 rings (SSSR count). The maximum Gasteiger partial charge on any atom is 0.118 e. The van der Waals surface area contributed by atoms with Crippen LogP contribution in [0.3, 0.4) is 0 Å². The molecule has 0 aliphatic rings. The third-order valence-electron chi connectivity index (χ3n) is 4.09. The minimum absolute atomic E-state index is 0.448. The number of nitrogens with zero attached hydrogens (tertiary/aromatic N) is 3. The number of hydrogen-bond acceptors (Lipinski definition) is 4. The zero-order chi connectivity index (χ0) is 18.4. The van der Waals surface area contributed by atoms with Crippen LogP contribution >= 0.6 is 0 Å². The Balaban J connectivity index is 2.12. The van der Waals surface area contributed by atoms with Crippen LogP contribution in [0.1, 0.15) is 11.1 Å². The van der Waals surface area contributed by atoms with Gasteiger partial charge in [0.15, 0.2) is 0 Å². The summed E-state index contributed by atoms with van der Waals surface area (Å²) in [6.07, 6.45) is 5.25. The van der Waals surface area contributed by atoms with Crippen molar-refractivity contribution in [3.8, 4) is 17.6 Å². The lowest BCUT2D eigenvalue weighted by molar-refractivity contribution is 0.414. The fraction of sp³-hybridized carbons (Fsp3) is 0.143. The first-order valence-electron chi connectivity index (χ1n) is 8.13. The van der Waals surface area contributed by atoms with Gasteiger partial charge in [-0.15, -0.1) is 0 Å². The molecule has 1 aromatic heterocycles. The van der Waals surface area contributed by atoms with Crippen molar-refractivity contribution in [2.24, 2.45) is 0 Å². The summed E-state index contributed by atoms with van der Waals surface area (Å²) in [5, 5.41) is 9.83. The highest BCUT2D eigenvalue weighted by Gasteiger charge is 2.13. The second-order valence-corrected chi connectivity index (χ2v) is 5.66. The molecule has 0 radical (unpaired) electrons. The Morgan fingerprint density at radius 1 is 0.962 bits per heavy atom. The number of rotatable bonds is 6. The van der Waals surface area contributed by atoms with Crippen molar-refractivity contribution in [1.29, 1.82) is 5.26 Å².